The van der Waals surface area contributed by atoms with Crippen LogP contribution in [0.2, 0.25) is 5.02 Å². The van der Waals surface area contributed by atoms with Crippen LogP contribution >= 0.6 is 11.6 Å². The van der Waals surface area contributed by atoms with Gasteiger partial charge in [0.15, 0.2) is 5.58 Å². The molecular formula is C39H45ClN8O6. The topological polar surface area (TPSA) is 155 Å². The van der Waals surface area contributed by atoms with E-state index in [1.807, 2.05) is 35.2 Å². The number of hydrogen-bond acceptors (Lipinski definition) is 10. The Hall–Kier alpha value is -4.95. The number of likely N-dealkylation sites (tertiary alicyclic amines) is 2. The van der Waals surface area contributed by atoms with Crippen molar-refractivity contribution in [2.75, 3.05) is 56.5 Å². The van der Waals surface area contributed by atoms with E-state index in [2.05, 4.69) is 44.7 Å². The second kappa shape index (κ2) is 14.4. The number of aryl methyl sites for hydroxylation is 1. The van der Waals surface area contributed by atoms with Gasteiger partial charge >= 0.3 is 5.76 Å². The fraction of sp³-hybridized carbons (Fsp3) is 0.487. The van der Waals surface area contributed by atoms with Gasteiger partial charge in [0.05, 0.1) is 17.4 Å². The molecule has 2 aromatic heterocycles. The summed E-state index contributed by atoms with van der Waals surface area (Å²) in [6.07, 6.45) is 6.84. The van der Waals surface area contributed by atoms with Crippen molar-refractivity contribution in [2.24, 2.45) is 12.5 Å². The van der Waals surface area contributed by atoms with E-state index in [0.29, 0.717) is 22.4 Å². The maximum atomic E-state index is 13.6. The lowest BCUT2D eigenvalue weighted by Crippen LogP contribution is -2.48. The average molecular weight is 757 g/mol. The van der Waals surface area contributed by atoms with Crippen molar-refractivity contribution in [3.05, 3.63) is 85.7 Å². The summed E-state index contributed by atoms with van der Waals surface area (Å²) in [7, 11) is 3.66. The standard InChI is InChI=1S/C39H45ClN8O6/c1-44-22-26(19-27(23-44)42-29-21-41-45(2)37(52)34(29)40)24-3-5-25(6-4-24)36(51)47-17-13-39(14-18-47)11-15-46(16-12-39)28-7-8-30-32(20-28)54-38(53)48(30)31-9-10-33(49)43-35(31)50/h3-8,20-21,26-27,31,42H,9-19,22-23H2,1-2H3,(H,43,49,50)/t26-,27+,31?/m0/s1. The average Bonchev–Trinajstić information content (AvgIpc) is 3.50. The number of carbonyl (C=O) groups excluding carboxylic acids is 3. The lowest BCUT2D eigenvalue weighted by atomic mass is 9.71. The maximum absolute atomic E-state index is 13.6. The number of piperidine rings is 4. The highest BCUT2D eigenvalue weighted by Gasteiger charge is 2.39. The third kappa shape index (κ3) is 6.92. The van der Waals surface area contributed by atoms with Crippen LogP contribution in [-0.4, -0.2) is 94.2 Å². The van der Waals surface area contributed by atoms with Crippen LogP contribution in [0.25, 0.3) is 11.1 Å². The molecule has 0 saturated carbocycles. The second-order valence-corrected chi connectivity index (χ2v) is 15.9. The Morgan fingerprint density at radius 1 is 0.963 bits per heavy atom. The van der Waals surface area contributed by atoms with Crippen molar-refractivity contribution in [1.82, 2.24) is 29.5 Å². The first kappa shape index (κ1) is 36.0. The number of benzene rings is 2. The number of halogens is 1. The monoisotopic (exact) mass is 756 g/mol. The van der Waals surface area contributed by atoms with Crippen LogP contribution < -0.4 is 26.8 Å². The second-order valence-electron chi connectivity index (χ2n) is 15.6. The van der Waals surface area contributed by atoms with Crippen LogP contribution in [0.5, 0.6) is 0 Å². The van der Waals surface area contributed by atoms with E-state index < -0.39 is 17.7 Å². The molecule has 0 radical (unpaired) electrons. The SMILES string of the molecule is CN1C[C@H](Nc2cnn(C)c(=O)c2Cl)C[C@H](c2ccc(C(=O)N3CCC4(CC3)CCN(c3ccc5c(c3)oc(=O)n5C3CCC(=O)NC3=O)CC4)cc2)C1. The van der Waals surface area contributed by atoms with Crippen molar-refractivity contribution in [3.63, 3.8) is 0 Å². The lowest BCUT2D eigenvalue weighted by Gasteiger charge is -2.47. The molecule has 4 aromatic rings. The Balaban J connectivity index is 0.851. The third-order valence-corrected chi connectivity index (χ3v) is 12.5. The number of anilines is 2. The first-order valence-corrected chi connectivity index (χ1v) is 19.1. The summed E-state index contributed by atoms with van der Waals surface area (Å²) in [5, 5.41) is 10.00. The van der Waals surface area contributed by atoms with E-state index in [1.54, 1.807) is 13.2 Å². The van der Waals surface area contributed by atoms with Gasteiger partial charge in [0.1, 0.15) is 11.1 Å². The zero-order valence-corrected chi connectivity index (χ0v) is 31.3. The highest BCUT2D eigenvalue weighted by Crippen LogP contribution is 2.43. The van der Waals surface area contributed by atoms with E-state index in [0.717, 1.165) is 77.1 Å². The van der Waals surface area contributed by atoms with Crippen molar-refractivity contribution in [2.45, 2.75) is 62.9 Å². The lowest BCUT2D eigenvalue weighted by molar-refractivity contribution is -0.135. The molecule has 4 saturated heterocycles. The number of oxazole rings is 1. The fourth-order valence-electron chi connectivity index (χ4n) is 8.95. The molecule has 1 spiro atoms. The number of carbonyl (C=O) groups is 3. The maximum Gasteiger partial charge on any atom is 0.420 e. The summed E-state index contributed by atoms with van der Waals surface area (Å²) in [4.78, 5) is 69.3. The van der Waals surface area contributed by atoms with Gasteiger partial charge in [0.25, 0.3) is 11.5 Å². The first-order valence-electron chi connectivity index (χ1n) is 18.8. The zero-order valence-electron chi connectivity index (χ0n) is 30.6. The molecule has 0 bridgehead atoms. The van der Waals surface area contributed by atoms with Gasteiger partial charge in [-0.2, -0.15) is 5.10 Å². The minimum Gasteiger partial charge on any atom is -0.408 e. The van der Waals surface area contributed by atoms with Gasteiger partial charge in [-0.1, -0.05) is 23.7 Å². The minimum atomic E-state index is -0.769. The molecule has 4 aliphatic rings. The van der Waals surface area contributed by atoms with E-state index in [1.165, 1.54) is 14.8 Å². The summed E-state index contributed by atoms with van der Waals surface area (Å²) >= 11 is 6.32. The molecule has 8 rings (SSSR count). The van der Waals surface area contributed by atoms with Gasteiger partial charge in [-0.3, -0.25) is 29.1 Å². The zero-order chi connectivity index (χ0) is 37.7. The van der Waals surface area contributed by atoms with Crippen LogP contribution in [0.3, 0.4) is 0 Å². The van der Waals surface area contributed by atoms with Gasteiger partial charge in [-0.15, -0.1) is 0 Å². The van der Waals surface area contributed by atoms with Crippen molar-refractivity contribution >= 4 is 51.8 Å². The summed E-state index contributed by atoms with van der Waals surface area (Å²) in [6, 6.07) is 13.0. The molecule has 3 amide bonds. The van der Waals surface area contributed by atoms with E-state index >= 15 is 0 Å². The molecular weight excluding hydrogens is 712 g/mol. The number of rotatable bonds is 6. The Bertz CT molecular complexity index is 2210. The Labute approximate surface area is 317 Å². The van der Waals surface area contributed by atoms with Gasteiger partial charge in [-0.05, 0) is 86.7 Å². The van der Waals surface area contributed by atoms with E-state index in [4.69, 9.17) is 16.0 Å². The molecule has 284 valence electrons. The van der Waals surface area contributed by atoms with Crippen molar-refractivity contribution in [3.8, 4) is 0 Å². The highest BCUT2D eigenvalue weighted by molar-refractivity contribution is 6.32. The van der Waals surface area contributed by atoms with E-state index in [9.17, 15) is 24.0 Å². The quantitative estimate of drug-likeness (QED) is 0.278. The molecule has 15 heteroatoms. The predicted octanol–water partition coefficient (Wildman–Crippen LogP) is 3.74. The third-order valence-electron chi connectivity index (χ3n) is 12.1. The van der Waals surface area contributed by atoms with E-state index in [-0.39, 0.29) is 52.6 Å². The Morgan fingerprint density at radius 3 is 2.41 bits per heavy atom. The smallest absolute Gasteiger partial charge is 0.408 e. The molecule has 14 nitrogen and oxygen atoms in total. The molecule has 54 heavy (non-hydrogen) atoms. The molecule has 4 fully saturated rings. The van der Waals surface area contributed by atoms with Gasteiger partial charge in [0.2, 0.25) is 11.8 Å². The Morgan fingerprint density at radius 2 is 1.69 bits per heavy atom. The number of amides is 3. The van der Waals surface area contributed by atoms with Crippen molar-refractivity contribution in [1.29, 1.82) is 0 Å². The predicted molar refractivity (Wildman–Crippen MR) is 204 cm³/mol. The van der Waals surface area contributed by atoms with Crippen LogP contribution in [0.1, 0.15) is 72.8 Å². The van der Waals surface area contributed by atoms with Crippen molar-refractivity contribution < 1.29 is 18.8 Å². The summed E-state index contributed by atoms with van der Waals surface area (Å²) in [6.45, 7) is 4.88. The number of imide groups is 1. The molecule has 2 N–H and O–H groups in total. The van der Waals surface area contributed by atoms with Crippen LogP contribution in [0.15, 0.2) is 62.7 Å². The first-order chi connectivity index (χ1) is 26.0. The number of hydrogen-bond donors (Lipinski definition) is 2. The Kier molecular flexibility index (Phi) is 9.59. The molecule has 2 aromatic carbocycles. The number of nitrogens with zero attached hydrogens (tertiary/aromatic N) is 6. The summed E-state index contributed by atoms with van der Waals surface area (Å²) < 4.78 is 8.15. The molecule has 3 atom stereocenters. The molecule has 0 aliphatic carbocycles. The number of aromatic nitrogens is 3. The summed E-state index contributed by atoms with van der Waals surface area (Å²) in [5.41, 5.74) is 4.22. The van der Waals surface area contributed by atoms with Crippen LogP contribution in [0.4, 0.5) is 11.4 Å². The summed E-state index contributed by atoms with van der Waals surface area (Å²) in [5.74, 6) is -1.09. The fourth-order valence-corrected chi connectivity index (χ4v) is 9.17. The van der Waals surface area contributed by atoms with Crippen LogP contribution in [0, 0.1) is 5.41 Å². The molecule has 6 heterocycles. The largest absolute Gasteiger partial charge is 0.420 e. The van der Waals surface area contributed by atoms with Gasteiger partial charge < -0.3 is 24.4 Å². The minimum absolute atomic E-state index is 0.0704. The normalized spacial score (nSPS) is 23.5. The van der Waals surface area contributed by atoms with Crippen LogP contribution in [-0.2, 0) is 16.6 Å². The molecule has 4 aliphatic heterocycles. The highest BCUT2D eigenvalue weighted by atomic mass is 35.5. The molecule has 1 unspecified atom stereocenters. The number of fused-ring (bicyclic) bond motifs is 1. The number of likely N-dealkylation sites (N-methyl/N-ethyl adjacent to an activating group) is 1. The number of nitrogens with one attached hydrogen (secondary N) is 2. The van der Waals surface area contributed by atoms with Gasteiger partial charge in [0, 0.05) is 76.1 Å². The van der Waals surface area contributed by atoms with Gasteiger partial charge in [-0.25, -0.2) is 9.48 Å².